The lowest BCUT2D eigenvalue weighted by Crippen LogP contribution is -2.43. The molecule has 6 nitrogen and oxygen atoms in total. The summed E-state index contributed by atoms with van der Waals surface area (Å²) in [6, 6.07) is 21.2. The minimum atomic E-state index is -0.593. The van der Waals surface area contributed by atoms with Gasteiger partial charge in [0, 0.05) is 23.7 Å². The van der Waals surface area contributed by atoms with E-state index in [2.05, 4.69) is 10.6 Å². The summed E-state index contributed by atoms with van der Waals surface area (Å²) in [7, 11) is 0. The monoisotopic (exact) mass is 481 g/mol. The molecule has 2 unspecified atom stereocenters. The number of carbonyl (C=O) groups excluding carboxylic acids is 2. The Balaban J connectivity index is 1.53. The van der Waals surface area contributed by atoms with Gasteiger partial charge in [-0.1, -0.05) is 77.8 Å². The van der Waals surface area contributed by atoms with Crippen LogP contribution in [0.25, 0.3) is 5.70 Å². The van der Waals surface area contributed by atoms with Crippen LogP contribution in [0.5, 0.6) is 0 Å². The number of hydroxylamine groups is 1. The Morgan fingerprint density at radius 2 is 1.67 bits per heavy atom. The van der Waals surface area contributed by atoms with E-state index >= 15 is 0 Å². The number of hydrogen-bond donors (Lipinski definition) is 4. The molecule has 1 aliphatic heterocycles. The second-order valence-electron chi connectivity index (χ2n) is 7.62. The van der Waals surface area contributed by atoms with Crippen molar-refractivity contribution < 1.29 is 14.8 Å². The van der Waals surface area contributed by atoms with Crippen molar-refractivity contribution in [2.24, 2.45) is 0 Å². The molecular formula is C25H21Cl2N3O3. The van der Waals surface area contributed by atoms with Crippen LogP contribution in [0.2, 0.25) is 10.0 Å². The molecule has 0 aliphatic carbocycles. The zero-order valence-electron chi connectivity index (χ0n) is 17.4. The number of halogens is 2. The van der Waals surface area contributed by atoms with Gasteiger partial charge >= 0.3 is 0 Å². The van der Waals surface area contributed by atoms with E-state index in [1.807, 2.05) is 42.5 Å². The molecule has 33 heavy (non-hydrogen) atoms. The number of rotatable bonds is 6. The van der Waals surface area contributed by atoms with Gasteiger partial charge in [0.15, 0.2) is 0 Å². The molecule has 4 N–H and O–H groups in total. The molecule has 0 fully saturated rings. The third-order valence-corrected chi connectivity index (χ3v) is 6.24. The number of carbonyl (C=O) groups is 2. The van der Waals surface area contributed by atoms with E-state index in [1.54, 1.807) is 41.9 Å². The maximum atomic E-state index is 13.2. The van der Waals surface area contributed by atoms with Gasteiger partial charge in [-0.05, 0) is 41.0 Å². The average Bonchev–Trinajstić information content (AvgIpc) is 3.30. The Morgan fingerprint density at radius 3 is 2.33 bits per heavy atom. The zero-order valence-corrected chi connectivity index (χ0v) is 18.9. The van der Waals surface area contributed by atoms with Crippen LogP contribution in [0.4, 0.5) is 0 Å². The van der Waals surface area contributed by atoms with Gasteiger partial charge in [0.1, 0.15) is 6.04 Å². The van der Waals surface area contributed by atoms with Crippen molar-refractivity contribution in [3.63, 3.8) is 0 Å². The van der Waals surface area contributed by atoms with E-state index in [-0.39, 0.29) is 18.4 Å². The average molecular weight is 482 g/mol. The van der Waals surface area contributed by atoms with Crippen LogP contribution in [0.1, 0.15) is 33.0 Å². The van der Waals surface area contributed by atoms with Gasteiger partial charge in [-0.15, -0.1) is 0 Å². The molecule has 0 spiro atoms. The van der Waals surface area contributed by atoms with Crippen LogP contribution < -0.4 is 16.1 Å². The van der Waals surface area contributed by atoms with Crippen molar-refractivity contribution in [3.8, 4) is 0 Å². The first-order valence-corrected chi connectivity index (χ1v) is 11.0. The number of benzene rings is 3. The van der Waals surface area contributed by atoms with Gasteiger partial charge in [0.2, 0.25) is 5.91 Å². The van der Waals surface area contributed by atoms with E-state index in [0.29, 0.717) is 15.6 Å². The molecule has 0 saturated heterocycles. The number of nitrogens with one attached hydrogen (secondary N) is 3. The van der Waals surface area contributed by atoms with Gasteiger partial charge in [0.05, 0.1) is 10.0 Å². The number of amides is 2. The van der Waals surface area contributed by atoms with Crippen LogP contribution in [0.15, 0.2) is 78.9 Å². The normalized spacial score (nSPS) is 17.1. The first kappa shape index (κ1) is 22.9. The molecule has 4 rings (SSSR count). The highest BCUT2D eigenvalue weighted by Crippen LogP contribution is 2.35. The topological polar surface area (TPSA) is 90.5 Å². The van der Waals surface area contributed by atoms with Crippen LogP contribution in [-0.4, -0.2) is 23.1 Å². The molecule has 0 radical (unpaired) electrons. The lowest BCUT2D eigenvalue weighted by Gasteiger charge is -2.21. The van der Waals surface area contributed by atoms with Crippen molar-refractivity contribution in [3.05, 3.63) is 111 Å². The second-order valence-corrected chi connectivity index (χ2v) is 8.44. The maximum absolute atomic E-state index is 13.2. The molecular weight excluding hydrogens is 461 g/mol. The highest BCUT2D eigenvalue weighted by molar-refractivity contribution is 6.42. The Morgan fingerprint density at radius 1 is 0.939 bits per heavy atom. The highest BCUT2D eigenvalue weighted by Gasteiger charge is 2.34. The van der Waals surface area contributed by atoms with Crippen LogP contribution >= 0.6 is 23.2 Å². The fraction of sp³-hybridized carbons (Fsp3) is 0.120. The molecule has 1 heterocycles. The van der Waals surface area contributed by atoms with Gasteiger partial charge in [-0.2, -0.15) is 0 Å². The van der Waals surface area contributed by atoms with Crippen LogP contribution in [0.3, 0.4) is 0 Å². The maximum Gasteiger partial charge on any atom is 0.274 e. The van der Waals surface area contributed by atoms with E-state index in [4.69, 9.17) is 28.4 Å². The Kier molecular flexibility index (Phi) is 6.99. The largest absolute Gasteiger partial charge is 0.373 e. The van der Waals surface area contributed by atoms with E-state index in [9.17, 15) is 9.59 Å². The minimum absolute atomic E-state index is 0.176. The highest BCUT2D eigenvalue weighted by atomic mass is 35.5. The molecule has 2 atom stereocenters. The molecule has 3 aromatic rings. The molecule has 8 heteroatoms. The summed E-state index contributed by atoms with van der Waals surface area (Å²) in [5.41, 5.74) is 5.46. The lowest BCUT2D eigenvalue weighted by molar-refractivity contribution is -0.123. The molecule has 3 aromatic carbocycles. The van der Waals surface area contributed by atoms with E-state index in [1.165, 1.54) is 0 Å². The summed E-state index contributed by atoms with van der Waals surface area (Å²) < 4.78 is 0. The number of hydrogen-bond acceptors (Lipinski definition) is 4. The Hall–Kier alpha value is -3.32. The lowest BCUT2D eigenvalue weighted by atomic mass is 9.92. The van der Waals surface area contributed by atoms with Crippen molar-refractivity contribution in [2.45, 2.75) is 18.5 Å². The standard InChI is InChI=1S/C25H21Cl2N3O3/c26-20-11-10-18(12-21(20)27)19-13-22(16-4-2-1-3-5-16)29-23(19)25(32)28-14-15-6-8-17(9-7-15)24(31)30-33/h1-13,19,23,29,33H,14H2,(H,28,32)(H,30,31). The van der Waals surface area contributed by atoms with Crippen LogP contribution in [0, 0.1) is 0 Å². The quantitative estimate of drug-likeness (QED) is 0.307. The molecule has 168 valence electrons. The molecule has 1 aliphatic rings. The summed E-state index contributed by atoms with van der Waals surface area (Å²) in [4.78, 5) is 24.7. The Bertz CT molecular complexity index is 1200. The van der Waals surface area contributed by atoms with E-state index in [0.717, 1.165) is 22.4 Å². The van der Waals surface area contributed by atoms with Gasteiger partial charge in [-0.25, -0.2) is 5.48 Å². The molecule has 2 amide bonds. The van der Waals surface area contributed by atoms with Crippen molar-refractivity contribution in [2.75, 3.05) is 0 Å². The second kappa shape index (κ2) is 10.1. The van der Waals surface area contributed by atoms with Crippen molar-refractivity contribution in [1.29, 1.82) is 0 Å². The fourth-order valence-corrected chi connectivity index (χ4v) is 4.06. The summed E-state index contributed by atoms with van der Waals surface area (Å²) in [5, 5.41) is 15.9. The minimum Gasteiger partial charge on any atom is -0.373 e. The first-order chi connectivity index (χ1) is 16.0. The molecule has 0 bridgehead atoms. The summed E-state index contributed by atoms with van der Waals surface area (Å²) >= 11 is 12.3. The van der Waals surface area contributed by atoms with Crippen molar-refractivity contribution >= 4 is 40.7 Å². The third kappa shape index (κ3) is 5.20. The van der Waals surface area contributed by atoms with Gasteiger partial charge in [0.25, 0.3) is 5.91 Å². The smallest absolute Gasteiger partial charge is 0.274 e. The van der Waals surface area contributed by atoms with E-state index < -0.39 is 11.9 Å². The molecule has 0 aromatic heterocycles. The fourth-order valence-electron chi connectivity index (χ4n) is 3.75. The van der Waals surface area contributed by atoms with Gasteiger partial charge in [-0.3, -0.25) is 14.8 Å². The summed E-state index contributed by atoms with van der Waals surface area (Å²) in [6.45, 7) is 0.285. The van der Waals surface area contributed by atoms with Gasteiger partial charge < -0.3 is 10.6 Å². The predicted molar refractivity (Wildman–Crippen MR) is 128 cm³/mol. The summed E-state index contributed by atoms with van der Waals surface area (Å²) in [5.74, 6) is -1.01. The zero-order chi connectivity index (χ0) is 23.4. The SMILES string of the molecule is O=C(NO)c1ccc(CNC(=O)C2NC(c3ccccc3)=CC2c2ccc(Cl)c(Cl)c2)cc1. The summed E-state index contributed by atoms with van der Waals surface area (Å²) in [6.07, 6.45) is 2.03. The third-order valence-electron chi connectivity index (χ3n) is 5.50. The van der Waals surface area contributed by atoms with Crippen molar-refractivity contribution in [1.82, 2.24) is 16.1 Å². The van der Waals surface area contributed by atoms with Crippen LogP contribution in [-0.2, 0) is 11.3 Å². The Labute approximate surface area is 201 Å². The first-order valence-electron chi connectivity index (χ1n) is 10.3. The predicted octanol–water partition coefficient (Wildman–Crippen LogP) is 4.53. The molecule has 0 saturated carbocycles.